The third-order valence-corrected chi connectivity index (χ3v) is 17.4. The Morgan fingerprint density at radius 2 is 1.55 bits per heavy atom. The lowest BCUT2D eigenvalue weighted by Crippen LogP contribution is -2.46. The van der Waals surface area contributed by atoms with Gasteiger partial charge in [-0.2, -0.15) is 0 Å². The average Bonchev–Trinajstić information content (AvgIpc) is 3.63. The average molecular weight is 988 g/mol. The number of thioether (sulfide) groups is 1. The Hall–Kier alpha value is -4.95. The first-order valence-electron chi connectivity index (χ1n) is 22.4. The fraction of sp³-hybridized carbons (Fsp3) is 0.333. The molecule has 1 aliphatic rings. The normalized spacial score (nSPS) is 14.6. The van der Waals surface area contributed by atoms with Crippen molar-refractivity contribution in [1.29, 1.82) is 0 Å². The number of sulfone groups is 1. The lowest BCUT2D eigenvalue weighted by Gasteiger charge is -2.37. The van der Waals surface area contributed by atoms with Crippen molar-refractivity contribution < 1.29 is 31.9 Å². The molecule has 1 N–H and O–H groups in total. The number of nitrogens with zero attached hydrogens (tertiary/aromatic N) is 4. The van der Waals surface area contributed by atoms with Crippen molar-refractivity contribution in [3.8, 4) is 22.4 Å². The minimum Gasteiger partial charge on any atom is -0.396 e. The van der Waals surface area contributed by atoms with Gasteiger partial charge in [-0.05, 0) is 124 Å². The van der Waals surface area contributed by atoms with Crippen molar-refractivity contribution in [2.24, 2.45) is 5.92 Å². The molecule has 1 saturated heterocycles. The van der Waals surface area contributed by atoms with Gasteiger partial charge in [-0.15, -0.1) is 11.8 Å². The van der Waals surface area contributed by atoms with Gasteiger partial charge in [0.1, 0.15) is 5.82 Å². The maximum Gasteiger partial charge on any atom is 0.273 e. The highest BCUT2D eigenvalue weighted by molar-refractivity contribution is 7.99. The number of aliphatic hydroxyl groups excluding tert-OH is 1. The van der Waals surface area contributed by atoms with Crippen LogP contribution in [0.15, 0.2) is 125 Å². The minimum absolute atomic E-state index is 0.0147. The zero-order valence-corrected chi connectivity index (χ0v) is 41.7. The van der Waals surface area contributed by atoms with Crippen LogP contribution in [0.1, 0.15) is 50.1 Å². The topological polar surface area (TPSA) is 135 Å². The Kier molecular flexibility index (Phi) is 16.1. The molecule has 67 heavy (non-hydrogen) atoms. The highest BCUT2D eigenvalue weighted by Crippen LogP contribution is 2.50. The summed E-state index contributed by atoms with van der Waals surface area (Å²) in [6.07, 6.45) is 2.12. The Morgan fingerprint density at radius 1 is 0.896 bits per heavy atom. The molecule has 0 bridgehead atoms. The second-order valence-corrected chi connectivity index (χ2v) is 23.2. The van der Waals surface area contributed by atoms with E-state index in [0.29, 0.717) is 83.6 Å². The van der Waals surface area contributed by atoms with Crippen LogP contribution in [0.2, 0.25) is 5.02 Å². The summed E-state index contributed by atoms with van der Waals surface area (Å²) >= 11 is 7.91. The van der Waals surface area contributed by atoms with E-state index in [1.807, 2.05) is 91.2 Å². The quantitative estimate of drug-likeness (QED) is 0.0362. The summed E-state index contributed by atoms with van der Waals surface area (Å²) in [5.74, 6) is 0.188. The van der Waals surface area contributed by atoms with E-state index in [2.05, 4.69) is 9.80 Å². The molecule has 2 atom stereocenters. The van der Waals surface area contributed by atoms with Crippen LogP contribution in [-0.2, 0) is 31.5 Å². The van der Waals surface area contributed by atoms with Gasteiger partial charge < -0.3 is 24.0 Å². The van der Waals surface area contributed by atoms with Gasteiger partial charge in [-0.25, -0.2) is 12.8 Å². The minimum atomic E-state index is -3.75. The number of benzene rings is 5. The van der Waals surface area contributed by atoms with Crippen LogP contribution < -0.4 is 15.1 Å². The molecule has 7 rings (SSSR count). The fourth-order valence-corrected chi connectivity index (χ4v) is 13.7. The van der Waals surface area contributed by atoms with Crippen LogP contribution in [-0.4, -0.2) is 74.4 Å². The van der Waals surface area contributed by atoms with E-state index in [1.54, 1.807) is 49.9 Å². The van der Waals surface area contributed by atoms with Crippen molar-refractivity contribution in [2.45, 2.75) is 62.5 Å². The number of nitro benzene ring substituents is 1. The summed E-state index contributed by atoms with van der Waals surface area (Å²) in [5, 5.41) is 23.1. The molecule has 1 aromatic heterocycles. The zero-order chi connectivity index (χ0) is 48.0. The maximum absolute atomic E-state index is 15.7. The number of piperazine rings is 1. The van der Waals surface area contributed by atoms with Gasteiger partial charge in [-0.3, -0.25) is 14.7 Å². The summed E-state index contributed by atoms with van der Waals surface area (Å²) in [4.78, 5) is 17.6. The second kappa shape index (κ2) is 21.6. The molecule has 1 aliphatic heterocycles. The highest BCUT2D eigenvalue weighted by atomic mass is 35.5. The Bertz CT molecular complexity index is 2860. The second-order valence-electron chi connectivity index (χ2n) is 17.2. The molecule has 5 aromatic carbocycles. The van der Waals surface area contributed by atoms with E-state index >= 15 is 4.39 Å². The molecular weight excluding hydrogens is 930 g/mol. The predicted octanol–water partition coefficient (Wildman–Crippen LogP) is 11.6. The van der Waals surface area contributed by atoms with E-state index in [0.717, 1.165) is 21.7 Å². The van der Waals surface area contributed by atoms with Gasteiger partial charge in [0, 0.05) is 100 Å². The largest absolute Gasteiger partial charge is 0.396 e. The summed E-state index contributed by atoms with van der Waals surface area (Å²) in [6, 6.07) is 34.3. The van der Waals surface area contributed by atoms with Crippen molar-refractivity contribution in [3.63, 3.8) is 0 Å². The standard InChI is InChI=1S/C51H57ClFN4O7PS2/c1-6-64-65(61,46-21-16-40(48(32-46)57(59)60)28-38(22-27-58)34-66-47-10-8-7-9-11-47)33-37-12-19-44(20-13-37)54-23-25-55(26-24-54)45-30-41(29-43(53)31-45)49-50(39-14-17-42(52)18-15-39)56(35(2)3)36(4)51(49)67(5,62)63/h7-21,29-32,35,38,58H,6,22-28,33-34H2,1-5H3/t38-,65?/m0/s1. The summed E-state index contributed by atoms with van der Waals surface area (Å²) in [6.45, 7) is 10.0. The van der Waals surface area contributed by atoms with Crippen molar-refractivity contribution in [2.75, 3.05) is 61.2 Å². The van der Waals surface area contributed by atoms with Crippen LogP contribution in [0.3, 0.4) is 0 Å². The van der Waals surface area contributed by atoms with Crippen molar-refractivity contribution >= 4 is 62.9 Å². The number of hydrogen-bond donors (Lipinski definition) is 1. The van der Waals surface area contributed by atoms with Crippen LogP contribution in [0, 0.1) is 28.8 Å². The van der Waals surface area contributed by atoms with Crippen LogP contribution in [0.4, 0.5) is 21.5 Å². The molecule has 0 saturated carbocycles. The smallest absolute Gasteiger partial charge is 0.273 e. The van der Waals surface area contributed by atoms with Gasteiger partial charge in [0.25, 0.3) is 5.69 Å². The van der Waals surface area contributed by atoms with Gasteiger partial charge >= 0.3 is 0 Å². The lowest BCUT2D eigenvalue weighted by molar-refractivity contribution is -0.385. The van der Waals surface area contributed by atoms with Crippen LogP contribution >= 0.6 is 30.7 Å². The molecule has 1 unspecified atom stereocenters. The molecule has 0 amide bonds. The number of nitro groups is 1. The van der Waals surface area contributed by atoms with E-state index in [-0.39, 0.29) is 47.2 Å². The Morgan fingerprint density at radius 3 is 2.15 bits per heavy atom. The SMILES string of the molecule is CCOP(=O)(Cc1ccc(N2CCN(c3cc(F)cc(-c4c(S(C)(=O)=O)c(C)n(C(C)C)c4-c4ccc(Cl)cc4)c3)CC2)cc1)c1ccc(C[C@H](CCO)CSc2ccccc2)c([N+](=O)[O-])c1. The van der Waals surface area contributed by atoms with Gasteiger partial charge in [0.2, 0.25) is 7.37 Å². The number of aromatic nitrogens is 1. The fourth-order valence-electron chi connectivity index (χ4n) is 9.12. The summed E-state index contributed by atoms with van der Waals surface area (Å²) in [5.41, 5.74) is 5.71. The highest BCUT2D eigenvalue weighted by Gasteiger charge is 2.32. The molecular formula is C51H57ClFN4O7PS2. The number of aliphatic hydroxyl groups is 1. The first-order chi connectivity index (χ1) is 32.0. The molecule has 0 spiro atoms. The van der Waals surface area contributed by atoms with E-state index in [4.69, 9.17) is 16.1 Å². The molecule has 354 valence electrons. The number of hydrogen-bond acceptors (Lipinski definition) is 10. The third kappa shape index (κ3) is 11.7. The van der Waals surface area contributed by atoms with E-state index in [9.17, 15) is 28.2 Å². The van der Waals surface area contributed by atoms with E-state index in [1.165, 1.54) is 24.5 Å². The number of halogens is 2. The summed E-state index contributed by atoms with van der Waals surface area (Å²) in [7, 11) is -7.33. The molecule has 2 heterocycles. The first-order valence-corrected chi connectivity index (χ1v) is 27.5. The van der Waals surface area contributed by atoms with Gasteiger partial charge in [-0.1, -0.05) is 60.1 Å². The van der Waals surface area contributed by atoms with Gasteiger partial charge in [0.15, 0.2) is 9.84 Å². The zero-order valence-electron chi connectivity index (χ0n) is 38.4. The first kappa shape index (κ1) is 49.9. The van der Waals surface area contributed by atoms with Crippen molar-refractivity contribution in [1.82, 2.24) is 4.57 Å². The van der Waals surface area contributed by atoms with E-state index < -0.39 is 27.9 Å². The molecule has 6 aromatic rings. The molecule has 16 heteroatoms. The maximum atomic E-state index is 15.7. The molecule has 0 aliphatic carbocycles. The van der Waals surface area contributed by atoms with Crippen molar-refractivity contribution in [3.05, 3.63) is 153 Å². The number of anilines is 2. The molecule has 0 radical (unpaired) electrons. The van der Waals surface area contributed by atoms with Crippen LogP contribution in [0.25, 0.3) is 22.4 Å². The van der Waals surface area contributed by atoms with Crippen LogP contribution in [0.5, 0.6) is 0 Å². The predicted molar refractivity (Wildman–Crippen MR) is 271 cm³/mol. The molecule has 1 fully saturated rings. The number of rotatable bonds is 19. The van der Waals surface area contributed by atoms with Gasteiger partial charge in [0.05, 0.1) is 28.3 Å². The molecule has 11 nitrogen and oxygen atoms in total. The lowest BCUT2D eigenvalue weighted by atomic mass is 9.97. The Labute approximate surface area is 402 Å². The monoisotopic (exact) mass is 986 g/mol. The third-order valence-electron chi connectivity index (χ3n) is 12.2. The Balaban J connectivity index is 1.07. The summed E-state index contributed by atoms with van der Waals surface area (Å²) < 4.78 is 65.3.